The van der Waals surface area contributed by atoms with Crippen molar-refractivity contribution in [1.29, 1.82) is 0 Å². The number of halogens is 1. The first kappa shape index (κ1) is 15.0. The van der Waals surface area contributed by atoms with Crippen LogP contribution in [0.1, 0.15) is 44.6 Å². The Hall–Kier alpha value is -0.930. The van der Waals surface area contributed by atoms with Gasteiger partial charge in [-0.25, -0.2) is 0 Å². The third-order valence-corrected chi connectivity index (χ3v) is 5.41. The summed E-state index contributed by atoms with van der Waals surface area (Å²) in [6.07, 6.45) is 8.70. The van der Waals surface area contributed by atoms with E-state index >= 15 is 0 Å². The second-order valence-corrected chi connectivity index (χ2v) is 7.06. The van der Waals surface area contributed by atoms with Gasteiger partial charge >= 0.3 is 0 Å². The van der Waals surface area contributed by atoms with Gasteiger partial charge in [-0.15, -0.1) is 0 Å². The molecular weight excluding hydrogens is 324 g/mol. The minimum Gasteiger partial charge on any atom is -0.310 e. The molecule has 1 aromatic heterocycles. The topological polar surface area (TPSA) is 24.9 Å². The monoisotopic (exact) mass is 346 g/mol. The molecule has 1 N–H and O–H groups in total. The molecule has 2 aromatic rings. The maximum Gasteiger partial charge on any atom is 0.0758 e. The zero-order chi connectivity index (χ0) is 14.7. The lowest BCUT2D eigenvalue weighted by atomic mass is 9.96. The molecule has 0 bridgehead atoms. The third-order valence-electron chi connectivity index (χ3n) is 4.72. The Labute approximate surface area is 135 Å². The highest BCUT2D eigenvalue weighted by atomic mass is 79.9. The van der Waals surface area contributed by atoms with Crippen LogP contribution in [-0.4, -0.2) is 11.0 Å². The van der Waals surface area contributed by atoms with Crippen LogP contribution in [0.5, 0.6) is 0 Å². The summed E-state index contributed by atoms with van der Waals surface area (Å²) in [4.78, 5) is 4.57. The SMILES string of the molecule is CC1CCCCCC1NCc1ccc(Br)c2cccnc12. The van der Waals surface area contributed by atoms with Crippen LogP contribution in [0.2, 0.25) is 0 Å². The second-order valence-electron chi connectivity index (χ2n) is 6.21. The Morgan fingerprint density at radius 2 is 2.05 bits per heavy atom. The highest BCUT2D eigenvalue weighted by Gasteiger charge is 2.19. The van der Waals surface area contributed by atoms with E-state index in [4.69, 9.17) is 0 Å². The van der Waals surface area contributed by atoms with Crippen LogP contribution in [0, 0.1) is 5.92 Å². The number of hydrogen-bond donors (Lipinski definition) is 1. The molecule has 2 atom stereocenters. The molecule has 1 fully saturated rings. The summed E-state index contributed by atoms with van der Waals surface area (Å²) in [6.45, 7) is 3.30. The third kappa shape index (κ3) is 3.46. The van der Waals surface area contributed by atoms with Gasteiger partial charge in [0.05, 0.1) is 5.52 Å². The number of fused-ring (bicyclic) bond motifs is 1. The summed E-state index contributed by atoms with van der Waals surface area (Å²) >= 11 is 3.62. The number of nitrogens with one attached hydrogen (secondary N) is 1. The predicted octanol–water partition coefficient (Wildman–Crippen LogP) is 5.06. The average molecular weight is 347 g/mol. The van der Waals surface area contributed by atoms with Crippen molar-refractivity contribution < 1.29 is 0 Å². The molecule has 0 amide bonds. The first-order valence-corrected chi connectivity index (χ1v) is 8.80. The number of hydrogen-bond acceptors (Lipinski definition) is 2. The molecule has 21 heavy (non-hydrogen) atoms. The lowest BCUT2D eigenvalue weighted by Gasteiger charge is -2.23. The highest BCUT2D eigenvalue weighted by molar-refractivity contribution is 9.10. The van der Waals surface area contributed by atoms with Gasteiger partial charge in [-0.1, -0.05) is 54.2 Å². The number of benzene rings is 1. The fourth-order valence-corrected chi connectivity index (χ4v) is 3.83. The molecule has 3 rings (SSSR count). The number of aromatic nitrogens is 1. The van der Waals surface area contributed by atoms with E-state index in [1.807, 2.05) is 12.3 Å². The fraction of sp³-hybridized carbons (Fsp3) is 0.500. The van der Waals surface area contributed by atoms with Gasteiger partial charge < -0.3 is 5.32 Å². The average Bonchev–Trinajstić information content (AvgIpc) is 2.72. The molecule has 1 aliphatic rings. The number of rotatable bonds is 3. The maximum absolute atomic E-state index is 4.57. The molecule has 2 unspecified atom stereocenters. The normalized spacial score (nSPS) is 23.1. The van der Waals surface area contributed by atoms with Gasteiger partial charge in [-0.3, -0.25) is 4.98 Å². The summed E-state index contributed by atoms with van der Waals surface area (Å²) in [5.41, 5.74) is 2.41. The van der Waals surface area contributed by atoms with Crippen molar-refractivity contribution in [3.8, 4) is 0 Å². The molecule has 1 aromatic carbocycles. The minimum atomic E-state index is 0.648. The molecule has 3 heteroatoms. The van der Waals surface area contributed by atoms with Crippen LogP contribution in [0.4, 0.5) is 0 Å². The smallest absolute Gasteiger partial charge is 0.0758 e. The van der Waals surface area contributed by atoms with Crippen LogP contribution in [-0.2, 0) is 6.54 Å². The zero-order valence-electron chi connectivity index (χ0n) is 12.6. The Bertz CT molecular complexity index is 611. The fourth-order valence-electron chi connectivity index (χ4n) is 3.38. The van der Waals surface area contributed by atoms with Crippen LogP contribution in [0.3, 0.4) is 0 Å². The van der Waals surface area contributed by atoms with Crippen molar-refractivity contribution >= 4 is 26.8 Å². The maximum atomic E-state index is 4.57. The van der Waals surface area contributed by atoms with Crippen molar-refractivity contribution in [1.82, 2.24) is 10.3 Å². The van der Waals surface area contributed by atoms with E-state index in [0.717, 1.165) is 22.5 Å². The second kappa shape index (κ2) is 6.89. The molecule has 0 saturated heterocycles. The molecule has 0 aliphatic heterocycles. The zero-order valence-corrected chi connectivity index (χ0v) is 14.2. The van der Waals surface area contributed by atoms with Crippen LogP contribution < -0.4 is 5.32 Å². The highest BCUT2D eigenvalue weighted by Crippen LogP contribution is 2.26. The van der Waals surface area contributed by atoms with Gasteiger partial charge in [0, 0.05) is 28.6 Å². The Morgan fingerprint density at radius 1 is 1.19 bits per heavy atom. The minimum absolute atomic E-state index is 0.648. The van der Waals surface area contributed by atoms with Crippen LogP contribution >= 0.6 is 15.9 Å². The van der Waals surface area contributed by atoms with Crippen LogP contribution in [0.15, 0.2) is 34.9 Å². The summed E-state index contributed by atoms with van der Waals surface area (Å²) in [5, 5.41) is 4.98. The van der Waals surface area contributed by atoms with E-state index < -0.39 is 0 Å². The summed E-state index contributed by atoms with van der Waals surface area (Å²) in [7, 11) is 0. The van der Waals surface area contributed by atoms with Crippen molar-refractivity contribution in [2.24, 2.45) is 5.92 Å². The lowest BCUT2D eigenvalue weighted by Crippen LogP contribution is -2.33. The van der Waals surface area contributed by atoms with Gasteiger partial charge in [-0.2, -0.15) is 0 Å². The first-order valence-electron chi connectivity index (χ1n) is 8.01. The van der Waals surface area contributed by atoms with Gasteiger partial charge in [0.15, 0.2) is 0 Å². The van der Waals surface area contributed by atoms with E-state index in [0.29, 0.717) is 6.04 Å². The van der Waals surface area contributed by atoms with Gasteiger partial charge in [0.1, 0.15) is 0 Å². The molecule has 2 nitrogen and oxygen atoms in total. The van der Waals surface area contributed by atoms with E-state index in [1.165, 1.54) is 43.1 Å². The number of nitrogens with zero attached hydrogens (tertiary/aromatic N) is 1. The number of pyridine rings is 1. The molecule has 1 aliphatic carbocycles. The molecule has 0 radical (unpaired) electrons. The Morgan fingerprint density at radius 3 is 2.95 bits per heavy atom. The van der Waals surface area contributed by atoms with Crippen molar-refractivity contribution in [2.45, 2.75) is 51.6 Å². The molecule has 112 valence electrons. The molecular formula is C18H23BrN2. The van der Waals surface area contributed by atoms with Crippen molar-refractivity contribution in [3.05, 3.63) is 40.5 Å². The summed E-state index contributed by atoms with van der Waals surface area (Å²) in [6, 6.07) is 9.10. The Balaban J connectivity index is 1.77. The van der Waals surface area contributed by atoms with E-state index in [9.17, 15) is 0 Å². The Kier molecular flexibility index (Phi) is 4.91. The van der Waals surface area contributed by atoms with E-state index in [-0.39, 0.29) is 0 Å². The molecule has 1 heterocycles. The van der Waals surface area contributed by atoms with Gasteiger partial charge in [-0.05, 0) is 36.5 Å². The molecule has 1 saturated carbocycles. The van der Waals surface area contributed by atoms with E-state index in [1.54, 1.807) is 0 Å². The van der Waals surface area contributed by atoms with Crippen molar-refractivity contribution in [3.63, 3.8) is 0 Å². The lowest BCUT2D eigenvalue weighted by molar-refractivity contribution is 0.356. The standard InChI is InChI=1S/C18H23BrN2/c1-13-6-3-2-4-8-17(13)21-12-14-9-10-16(19)15-7-5-11-20-18(14)15/h5,7,9-11,13,17,21H,2-4,6,8,12H2,1H3. The quantitative estimate of drug-likeness (QED) is 0.786. The summed E-state index contributed by atoms with van der Waals surface area (Å²) in [5.74, 6) is 0.780. The van der Waals surface area contributed by atoms with Crippen LogP contribution in [0.25, 0.3) is 10.9 Å². The van der Waals surface area contributed by atoms with Gasteiger partial charge in [0.25, 0.3) is 0 Å². The van der Waals surface area contributed by atoms with Gasteiger partial charge in [0.2, 0.25) is 0 Å². The van der Waals surface area contributed by atoms with Crippen molar-refractivity contribution in [2.75, 3.05) is 0 Å². The molecule has 0 spiro atoms. The first-order chi connectivity index (χ1) is 10.3. The largest absolute Gasteiger partial charge is 0.310 e. The summed E-state index contributed by atoms with van der Waals surface area (Å²) < 4.78 is 1.12. The predicted molar refractivity (Wildman–Crippen MR) is 92.3 cm³/mol. The van der Waals surface area contributed by atoms with E-state index in [2.05, 4.69) is 51.4 Å².